The van der Waals surface area contributed by atoms with E-state index in [4.69, 9.17) is 4.74 Å². The average molecular weight is 485 g/mol. The van der Waals surface area contributed by atoms with E-state index >= 15 is 0 Å². The fourth-order valence-corrected chi connectivity index (χ4v) is 5.09. The van der Waals surface area contributed by atoms with E-state index in [1.54, 1.807) is 0 Å². The van der Waals surface area contributed by atoms with E-state index in [9.17, 15) is 23.1 Å². The van der Waals surface area contributed by atoms with Crippen molar-refractivity contribution in [2.24, 2.45) is 5.92 Å². The number of aliphatic hydroxyl groups is 1. The highest BCUT2D eigenvalue weighted by Crippen LogP contribution is 2.43. The molecular formula is C27H23F3O3S. The third kappa shape index (κ3) is 5.47. The van der Waals surface area contributed by atoms with Crippen LogP contribution in [0.25, 0.3) is 0 Å². The maximum Gasteiger partial charge on any atom is 0.416 e. The Bertz CT molecular complexity index is 1160. The lowest BCUT2D eigenvalue weighted by atomic mass is 9.87. The number of rotatable bonds is 7. The summed E-state index contributed by atoms with van der Waals surface area (Å²) in [7, 11) is 0. The summed E-state index contributed by atoms with van der Waals surface area (Å²) in [6.45, 7) is 0. The zero-order valence-corrected chi connectivity index (χ0v) is 19.0. The van der Waals surface area contributed by atoms with E-state index in [2.05, 4.69) is 0 Å². The molecule has 176 valence electrons. The van der Waals surface area contributed by atoms with Gasteiger partial charge in [0.25, 0.3) is 0 Å². The van der Waals surface area contributed by atoms with E-state index in [0.717, 1.165) is 29.0 Å². The second-order valence-electron chi connectivity index (χ2n) is 8.03. The van der Waals surface area contributed by atoms with Crippen molar-refractivity contribution in [3.8, 4) is 0 Å². The molecule has 7 heteroatoms. The molecule has 34 heavy (non-hydrogen) atoms. The predicted molar refractivity (Wildman–Crippen MR) is 126 cm³/mol. The van der Waals surface area contributed by atoms with Crippen LogP contribution in [0.5, 0.6) is 0 Å². The zero-order chi connectivity index (χ0) is 24.1. The summed E-state index contributed by atoms with van der Waals surface area (Å²) in [6, 6.07) is 24.2. The molecule has 0 aliphatic carbocycles. The van der Waals surface area contributed by atoms with E-state index in [1.807, 2.05) is 60.7 Å². The van der Waals surface area contributed by atoms with Gasteiger partial charge in [-0.1, -0.05) is 78.9 Å². The van der Waals surface area contributed by atoms with Gasteiger partial charge in [-0.05, 0) is 35.6 Å². The van der Waals surface area contributed by atoms with Crippen LogP contribution in [0, 0.1) is 5.92 Å². The molecule has 0 amide bonds. The molecule has 0 saturated carbocycles. The molecular weight excluding hydrogens is 461 g/mol. The van der Waals surface area contributed by atoms with Crippen LogP contribution < -0.4 is 0 Å². The number of aliphatic hydroxyl groups excluding tert-OH is 1. The van der Waals surface area contributed by atoms with E-state index in [0.29, 0.717) is 12.8 Å². The molecule has 0 spiro atoms. The number of hydrogen-bond acceptors (Lipinski definition) is 4. The Kier molecular flexibility index (Phi) is 7.32. The number of benzene rings is 3. The first-order valence-corrected chi connectivity index (χ1v) is 11.8. The van der Waals surface area contributed by atoms with Crippen LogP contribution in [0.1, 0.15) is 34.8 Å². The number of carbonyl (C=O) groups excluding carboxylic acids is 1. The molecule has 0 bridgehead atoms. The summed E-state index contributed by atoms with van der Waals surface area (Å²) in [4.78, 5) is 12.8. The zero-order valence-electron chi connectivity index (χ0n) is 18.2. The third-order valence-electron chi connectivity index (χ3n) is 5.78. The normalized spacial score (nSPS) is 18.6. The molecule has 0 saturated heterocycles. The molecule has 3 aromatic rings. The van der Waals surface area contributed by atoms with Gasteiger partial charge < -0.3 is 9.84 Å². The van der Waals surface area contributed by atoms with Crippen LogP contribution in [0.4, 0.5) is 13.2 Å². The second-order valence-corrected chi connectivity index (χ2v) is 9.01. The van der Waals surface area contributed by atoms with Crippen LogP contribution in [-0.2, 0) is 27.9 Å². The van der Waals surface area contributed by atoms with Crippen LogP contribution in [0.15, 0.2) is 95.6 Å². The minimum atomic E-state index is -4.50. The molecule has 2 unspecified atom stereocenters. The lowest BCUT2D eigenvalue weighted by Crippen LogP contribution is -2.29. The van der Waals surface area contributed by atoms with Gasteiger partial charge in [0, 0.05) is 5.75 Å². The van der Waals surface area contributed by atoms with Crippen LogP contribution in [0.3, 0.4) is 0 Å². The first kappa shape index (κ1) is 24.0. The molecule has 1 N–H and O–H groups in total. The van der Waals surface area contributed by atoms with Crippen molar-refractivity contribution in [2.75, 3.05) is 0 Å². The molecule has 0 fully saturated rings. The van der Waals surface area contributed by atoms with E-state index in [-0.39, 0.29) is 22.0 Å². The van der Waals surface area contributed by atoms with Gasteiger partial charge in [-0.2, -0.15) is 13.2 Å². The topological polar surface area (TPSA) is 46.5 Å². The summed E-state index contributed by atoms with van der Waals surface area (Å²) >= 11 is 0.875. The van der Waals surface area contributed by atoms with Crippen molar-refractivity contribution >= 4 is 17.7 Å². The predicted octanol–water partition coefficient (Wildman–Crippen LogP) is 7.26. The summed E-state index contributed by atoms with van der Waals surface area (Å²) in [5.41, 5.74) is 1.12. The summed E-state index contributed by atoms with van der Waals surface area (Å²) in [5, 5.41) is 11.2. The van der Waals surface area contributed by atoms with E-state index in [1.165, 1.54) is 18.2 Å². The lowest BCUT2D eigenvalue weighted by molar-refractivity contribution is -0.149. The fourth-order valence-electron chi connectivity index (χ4n) is 4.07. The molecule has 3 aromatic carbocycles. The highest BCUT2D eigenvalue weighted by molar-refractivity contribution is 8.03. The highest BCUT2D eigenvalue weighted by Gasteiger charge is 2.39. The number of ether oxygens (including phenoxy) is 1. The molecule has 3 nitrogen and oxygen atoms in total. The summed E-state index contributed by atoms with van der Waals surface area (Å²) in [6.07, 6.45) is -4.03. The largest absolute Gasteiger partial charge is 0.510 e. The Morgan fingerprint density at radius 3 is 2.18 bits per heavy atom. The third-order valence-corrected chi connectivity index (χ3v) is 6.90. The summed E-state index contributed by atoms with van der Waals surface area (Å²) in [5.74, 6) is -1.49. The fraction of sp³-hybridized carbons (Fsp3) is 0.222. The number of aryl methyl sites for hydroxylation is 1. The Morgan fingerprint density at radius 2 is 1.50 bits per heavy atom. The van der Waals surface area contributed by atoms with Crippen molar-refractivity contribution in [1.29, 1.82) is 0 Å². The monoisotopic (exact) mass is 484 g/mol. The van der Waals surface area contributed by atoms with Gasteiger partial charge in [-0.25, -0.2) is 4.79 Å². The highest BCUT2D eigenvalue weighted by atomic mass is 32.2. The number of thioether (sulfide) groups is 1. The Labute approximate surface area is 200 Å². The lowest BCUT2D eigenvalue weighted by Gasteiger charge is -2.32. The first-order valence-electron chi connectivity index (χ1n) is 10.9. The number of halogens is 3. The molecule has 2 atom stereocenters. The van der Waals surface area contributed by atoms with Crippen molar-refractivity contribution < 1.29 is 27.8 Å². The van der Waals surface area contributed by atoms with Gasteiger partial charge in [0.05, 0.1) is 11.5 Å². The van der Waals surface area contributed by atoms with Crippen LogP contribution in [0.2, 0.25) is 0 Å². The van der Waals surface area contributed by atoms with Gasteiger partial charge in [-0.15, -0.1) is 11.8 Å². The second kappa shape index (κ2) is 10.4. The van der Waals surface area contributed by atoms with Crippen molar-refractivity contribution in [3.63, 3.8) is 0 Å². The van der Waals surface area contributed by atoms with Gasteiger partial charge in [0.15, 0.2) is 0 Å². The van der Waals surface area contributed by atoms with Crippen molar-refractivity contribution in [2.45, 2.75) is 30.9 Å². The van der Waals surface area contributed by atoms with Crippen molar-refractivity contribution in [1.82, 2.24) is 0 Å². The molecule has 0 radical (unpaired) electrons. The Morgan fingerprint density at radius 1 is 0.882 bits per heavy atom. The van der Waals surface area contributed by atoms with Gasteiger partial charge in [0.2, 0.25) is 0 Å². The van der Waals surface area contributed by atoms with Crippen molar-refractivity contribution in [3.05, 3.63) is 118 Å². The maximum atomic E-state index is 13.4. The quantitative estimate of drug-likeness (QED) is 0.359. The molecule has 1 heterocycles. The van der Waals surface area contributed by atoms with Gasteiger partial charge in [-0.3, -0.25) is 0 Å². The SMILES string of the molecule is O=C1OC(c2ccccc2)C(CCc2ccccc2)C(O)=C1SCc1ccccc1C(F)(F)F. The first-order chi connectivity index (χ1) is 16.3. The number of alkyl halides is 3. The number of hydrogen-bond donors (Lipinski definition) is 1. The minimum absolute atomic E-state index is 0.0396. The smallest absolute Gasteiger partial charge is 0.416 e. The van der Waals surface area contributed by atoms with Crippen LogP contribution in [-0.4, -0.2) is 11.1 Å². The van der Waals surface area contributed by atoms with Crippen LogP contribution >= 0.6 is 11.8 Å². The minimum Gasteiger partial charge on any atom is -0.510 e. The van der Waals surface area contributed by atoms with E-state index < -0.39 is 29.7 Å². The Balaban J connectivity index is 1.62. The van der Waals surface area contributed by atoms with Gasteiger partial charge in [0.1, 0.15) is 16.8 Å². The summed E-state index contributed by atoms with van der Waals surface area (Å²) < 4.78 is 45.8. The molecule has 1 aliphatic rings. The standard InChI is InChI=1S/C27H23F3O3S/c28-27(29,30)22-14-8-7-13-20(22)17-34-25-23(31)21(16-15-18-9-3-1-4-10-18)24(33-26(25)32)19-11-5-2-6-12-19/h1-14,21,24,31H,15-17H2. The number of carbonyl (C=O) groups is 1. The number of cyclic esters (lactones) is 1. The molecule has 4 rings (SSSR count). The molecule has 1 aliphatic heterocycles. The maximum absolute atomic E-state index is 13.4. The van der Waals surface area contributed by atoms with Gasteiger partial charge >= 0.3 is 12.1 Å². The average Bonchev–Trinajstić information content (AvgIpc) is 2.84. The number of esters is 1. The molecule has 0 aromatic heterocycles. The Hall–Kier alpha value is -3.19.